The zero-order valence-electron chi connectivity index (χ0n) is 9.58. The van der Waals surface area contributed by atoms with Crippen molar-refractivity contribution in [3.05, 3.63) is 52.0 Å². The van der Waals surface area contributed by atoms with E-state index in [-0.39, 0.29) is 0 Å². The molecule has 3 rings (SSSR count). The Morgan fingerprint density at radius 1 is 1.11 bits per heavy atom. The van der Waals surface area contributed by atoms with Gasteiger partial charge in [0.1, 0.15) is 5.01 Å². The predicted molar refractivity (Wildman–Crippen MR) is 79.8 cm³/mol. The molecule has 0 fully saturated rings. The third kappa shape index (κ3) is 2.01. The Hall–Kier alpha value is -1.09. The highest BCUT2D eigenvalue weighted by atomic mass is 35.5. The van der Waals surface area contributed by atoms with Gasteiger partial charge in [-0.3, -0.25) is 0 Å². The predicted octanol–water partition coefficient (Wildman–Crippen LogP) is 5.58. The molecule has 1 nitrogen and oxygen atoms in total. The fourth-order valence-corrected chi connectivity index (χ4v) is 3.50. The van der Waals surface area contributed by atoms with Crippen molar-refractivity contribution in [1.82, 2.24) is 4.98 Å². The van der Waals surface area contributed by atoms with Crippen LogP contribution in [0.2, 0.25) is 10.0 Å². The number of rotatable bonds is 1. The maximum absolute atomic E-state index is 6.21. The molecule has 0 bridgehead atoms. The maximum Gasteiger partial charge on any atom is 0.126 e. The first kappa shape index (κ1) is 12.0. The smallest absolute Gasteiger partial charge is 0.126 e. The molecular formula is C14H9Cl2NS. The molecule has 0 aliphatic carbocycles. The lowest BCUT2D eigenvalue weighted by molar-refractivity contribution is 1.42. The lowest BCUT2D eigenvalue weighted by Gasteiger charge is -1.99. The van der Waals surface area contributed by atoms with Gasteiger partial charge in [0.25, 0.3) is 0 Å². The third-order valence-electron chi connectivity index (χ3n) is 2.78. The van der Waals surface area contributed by atoms with Gasteiger partial charge in [-0.1, -0.05) is 35.3 Å². The highest BCUT2D eigenvalue weighted by Gasteiger charge is 2.10. The van der Waals surface area contributed by atoms with Crippen molar-refractivity contribution in [1.29, 1.82) is 0 Å². The highest BCUT2D eigenvalue weighted by molar-refractivity contribution is 7.21. The maximum atomic E-state index is 6.21. The van der Waals surface area contributed by atoms with E-state index in [1.165, 1.54) is 10.3 Å². The minimum Gasteiger partial charge on any atom is -0.236 e. The number of thiazole rings is 1. The summed E-state index contributed by atoms with van der Waals surface area (Å²) in [5.74, 6) is 0. The lowest BCUT2D eigenvalue weighted by Crippen LogP contribution is -1.79. The molecule has 1 aromatic heterocycles. The van der Waals surface area contributed by atoms with Crippen molar-refractivity contribution >= 4 is 44.8 Å². The largest absolute Gasteiger partial charge is 0.236 e. The van der Waals surface area contributed by atoms with Gasteiger partial charge in [-0.05, 0) is 36.8 Å². The van der Waals surface area contributed by atoms with Gasteiger partial charge in [0, 0.05) is 10.6 Å². The van der Waals surface area contributed by atoms with E-state index in [1.807, 2.05) is 18.2 Å². The van der Waals surface area contributed by atoms with Crippen LogP contribution in [0.3, 0.4) is 0 Å². The van der Waals surface area contributed by atoms with Gasteiger partial charge >= 0.3 is 0 Å². The summed E-state index contributed by atoms with van der Waals surface area (Å²) in [6.45, 7) is 2.06. The number of aryl methyl sites for hydroxylation is 1. The number of halogens is 2. The SMILES string of the molecule is Cc1cccc2sc(-c3ccc(Cl)cc3Cl)nc12. The van der Waals surface area contributed by atoms with E-state index in [0.717, 1.165) is 16.1 Å². The molecular weight excluding hydrogens is 285 g/mol. The standard InChI is InChI=1S/C14H9Cl2NS/c1-8-3-2-4-12-13(8)17-14(18-12)10-6-5-9(15)7-11(10)16/h2-7H,1H3. The van der Waals surface area contributed by atoms with Gasteiger partial charge in [0.05, 0.1) is 15.2 Å². The summed E-state index contributed by atoms with van der Waals surface area (Å²) in [5, 5.41) is 2.21. The fourth-order valence-electron chi connectivity index (χ4n) is 1.86. The second-order valence-electron chi connectivity index (χ2n) is 4.06. The van der Waals surface area contributed by atoms with Crippen molar-refractivity contribution in [2.75, 3.05) is 0 Å². The van der Waals surface area contributed by atoms with E-state index in [1.54, 1.807) is 17.4 Å². The molecule has 18 heavy (non-hydrogen) atoms. The first-order valence-corrected chi connectivity index (χ1v) is 7.04. The zero-order valence-corrected chi connectivity index (χ0v) is 11.9. The van der Waals surface area contributed by atoms with E-state index in [4.69, 9.17) is 23.2 Å². The molecule has 3 aromatic rings. The van der Waals surface area contributed by atoms with Crippen LogP contribution in [-0.2, 0) is 0 Å². The molecule has 0 aliphatic rings. The molecule has 90 valence electrons. The van der Waals surface area contributed by atoms with Crippen molar-refractivity contribution in [2.24, 2.45) is 0 Å². The zero-order chi connectivity index (χ0) is 12.7. The number of aromatic nitrogens is 1. The molecule has 0 saturated heterocycles. The monoisotopic (exact) mass is 293 g/mol. The van der Waals surface area contributed by atoms with Gasteiger partial charge in [-0.15, -0.1) is 11.3 Å². The highest BCUT2D eigenvalue weighted by Crippen LogP contribution is 2.36. The van der Waals surface area contributed by atoms with Crippen LogP contribution in [0.1, 0.15) is 5.56 Å². The number of para-hydroxylation sites is 1. The van der Waals surface area contributed by atoms with Crippen LogP contribution in [0.5, 0.6) is 0 Å². The number of nitrogens with zero attached hydrogens (tertiary/aromatic N) is 1. The van der Waals surface area contributed by atoms with Crippen molar-refractivity contribution in [3.8, 4) is 10.6 Å². The number of benzene rings is 2. The van der Waals surface area contributed by atoms with E-state index in [0.29, 0.717) is 10.0 Å². The molecule has 2 aromatic carbocycles. The molecule has 0 unspecified atom stereocenters. The lowest BCUT2D eigenvalue weighted by atomic mass is 10.2. The normalized spacial score (nSPS) is 11.1. The number of hydrogen-bond donors (Lipinski definition) is 0. The Bertz CT molecular complexity index is 734. The Balaban J connectivity index is 2.23. The van der Waals surface area contributed by atoms with Gasteiger partial charge in [0.2, 0.25) is 0 Å². The van der Waals surface area contributed by atoms with Gasteiger partial charge in [-0.2, -0.15) is 0 Å². The fraction of sp³-hybridized carbons (Fsp3) is 0.0714. The molecule has 1 heterocycles. The van der Waals surface area contributed by atoms with E-state index in [9.17, 15) is 0 Å². The summed E-state index contributed by atoms with van der Waals surface area (Å²) < 4.78 is 1.18. The van der Waals surface area contributed by atoms with Gasteiger partial charge in [-0.25, -0.2) is 4.98 Å². The quantitative estimate of drug-likeness (QED) is 0.571. The van der Waals surface area contributed by atoms with Crippen LogP contribution < -0.4 is 0 Å². The summed E-state index contributed by atoms with van der Waals surface area (Å²) in [6, 6.07) is 11.7. The summed E-state index contributed by atoms with van der Waals surface area (Å²) >= 11 is 13.8. The van der Waals surface area contributed by atoms with Crippen molar-refractivity contribution in [3.63, 3.8) is 0 Å². The summed E-state index contributed by atoms with van der Waals surface area (Å²) in [6.07, 6.45) is 0. The molecule has 0 amide bonds. The Kier molecular flexibility index (Phi) is 3.02. The van der Waals surface area contributed by atoms with Crippen LogP contribution in [0.4, 0.5) is 0 Å². The summed E-state index contributed by atoms with van der Waals surface area (Å²) in [4.78, 5) is 4.66. The second-order valence-corrected chi connectivity index (χ2v) is 5.94. The summed E-state index contributed by atoms with van der Waals surface area (Å²) in [5.41, 5.74) is 3.16. The minimum atomic E-state index is 0.638. The Labute approximate surface area is 119 Å². The molecule has 0 radical (unpaired) electrons. The molecule has 0 spiro atoms. The van der Waals surface area contributed by atoms with Crippen LogP contribution in [0.15, 0.2) is 36.4 Å². The Morgan fingerprint density at radius 2 is 1.94 bits per heavy atom. The van der Waals surface area contributed by atoms with Crippen LogP contribution in [-0.4, -0.2) is 4.98 Å². The third-order valence-corrected chi connectivity index (χ3v) is 4.38. The van der Waals surface area contributed by atoms with E-state index < -0.39 is 0 Å². The van der Waals surface area contributed by atoms with Crippen LogP contribution >= 0.6 is 34.5 Å². The first-order chi connectivity index (χ1) is 8.65. The van der Waals surface area contributed by atoms with E-state index in [2.05, 4.69) is 24.0 Å². The number of fused-ring (bicyclic) bond motifs is 1. The average molecular weight is 294 g/mol. The average Bonchev–Trinajstić information content (AvgIpc) is 2.74. The topological polar surface area (TPSA) is 12.9 Å². The van der Waals surface area contributed by atoms with Gasteiger partial charge < -0.3 is 0 Å². The van der Waals surface area contributed by atoms with Crippen LogP contribution in [0, 0.1) is 6.92 Å². The first-order valence-electron chi connectivity index (χ1n) is 5.47. The van der Waals surface area contributed by atoms with E-state index >= 15 is 0 Å². The van der Waals surface area contributed by atoms with Crippen LogP contribution in [0.25, 0.3) is 20.8 Å². The molecule has 0 N–H and O–H groups in total. The second kappa shape index (κ2) is 4.54. The van der Waals surface area contributed by atoms with Crippen molar-refractivity contribution in [2.45, 2.75) is 6.92 Å². The molecule has 4 heteroatoms. The molecule has 0 saturated carbocycles. The molecule has 0 aliphatic heterocycles. The number of hydrogen-bond acceptors (Lipinski definition) is 2. The van der Waals surface area contributed by atoms with Crippen molar-refractivity contribution < 1.29 is 0 Å². The summed E-state index contributed by atoms with van der Waals surface area (Å²) in [7, 11) is 0. The molecule has 0 atom stereocenters. The Morgan fingerprint density at radius 3 is 2.67 bits per heavy atom. The minimum absolute atomic E-state index is 0.638. The van der Waals surface area contributed by atoms with Gasteiger partial charge in [0.15, 0.2) is 0 Å².